The molecule has 0 saturated heterocycles. The van der Waals surface area contributed by atoms with Crippen LogP contribution in [0.15, 0.2) is 82.6 Å². The standard InChI is InChI=1S/C31H35NO4/c1-20(21-9-8-12-25(16-21)35-24-10-4-3-5-11-24)15-22-19-31-14-7-6-13-28(31)36-27-18-23(33)17-26(29(27)31)32-30(22)34-2/h3-5,8-12,16,19-20,23,26,28,33H,6-7,13-15,17-18H2,1-2H3/t20?,23-,26+,28+,31?/m1/s1. The van der Waals surface area contributed by atoms with Crippen molar-refractivity contribution in [2.75, 3.05) is 7.11 Å². The zero-order valence-corrected chi connectivity index (χ0v) is 21.2. The van der Waals surface area contributed by atoms with Gasteiger partial charge in [-0.15, -0.1) is 0 Å². The average molecular weight is 486 g/mol. The Morgan fingerprint density at radius 1 is 1.11 bits per heavy atom. The Balaban J connectivity index is 1.33. The number of hydrogen-bond donors (Lipinski definition) is 1. The van der Waals surface area contributed by atoms with E-state index >= 15 is 0 Å². The number of aliphatic hydroxyl groups excluding tert-OH is 1. The van der Waals surface area contributed by atoms with Gasteiger partial charge in [-0.05, 0) is 61.4 Å². The number of methoxy groups -OCH3 is 1. The van der Waals surface area contributed by atoms with Gasteiger partial charge in [0.1, 0.15) is 23.4 Å². The smallest absolute Gasteiger partial charge is 0.211 e. The minimum absolute atomic E-state index is 0.0755. The molecular formula is C31H35NO4. The van der Waals surface area contributed by atoms with Crippen LogP contribution < -0.4 is 4.74 Å². The maximum absolute atomic E-state index is 10.6. The predicted molar refractivity (Wildman–Crippen MR) is 140 cm³/mol. The summed E-state index contributed by atoms with van der Waals surface area (Å²) in [6.07, 6.45) is 8.73. The molecule has 1 spiro atoms. The second-order valence-corrected chi connectivity index (χ2v) is 10.7. The quantitative estimate of drug-likeness (QED) is 0.512. The van der Waals surface area contributed by atoms with Crippen molar-refractivity contribution in [3.8, 4) is 11.5 Å². The maximum atomic E-state index is 10.6. The predicted octanol–water partition coefficient (Wildman–Crippen LogP) is 6.69. The third kappa shape index (κ3) is 4.13. The highest BCUT2D eigenvalue weighted by atomic mass is 16.5. The van der Waals surface area contributed by atoms with E-state index in [1.807, 2.05) is 36.4 Å². The molecule has 0 radical (unpaired) electrons. The highest BCUT2D eigenvalue weighted by Crippen LogP contribution is 2.58. The van der Waals surface area contributed by atoms with Crippen molar-refractivity contribution in [2.45, 2.75) is 76.0 Å². The molecule has 5 heteroatoms. The minimum atomic E-state index is -0.416. The fourth-order valence-electron chi connectivity index (χ4n) is 6.70. The molecule has 36 heavy (non-hydrogen) atoms. The van der Waals surface area contributed by atoms with Crippen LogP contribution >= 0.6 is 0 Å². The molecule has 2 aliphatic carbocycles. The van der Waals surface area contributed by atoms with Gasteiger partial charge in [0.05, 0.1) is 24.7 Å². The summed E-state index contributed by atoms with van der Waals surface area (Å²) >= 11 is 0. The molecule has 5 atom stereocenters. The van der Waals surface area contributed by atoms with E-state index in [1.54, 1.807) is 7.11 Å². The summed E-state index contributed by atoms with van der Waals surface area (Å²) in [4.78, 5) is 5.10. The summed E-state index contributed by atoms with van der Waals surface area (Å²) in [7, 11) is 1.72. The first-order valence-electron chi connectivity index (χ1n) is 13.3. The normalized spacial score (nSPS) is 29.7. The van der Waals surface area contributed by atoms with E-state index in [4.69, 9.17) is 19.2 Å². The number of benzene rings is 2. The minimum Gasteiger partial charge on any atom is -0.493 e. The molecule has 2 aromatic rings. The van der Waals surface area contributed by atoms with Crippen molar-refractivity contribution in [2.24, 2.45) is 10.4 Å². The molecule has 1 saturated carbocycles. The Morgan fingerprint density at radius 2 is 1.94 bits per heavy atom. The van der Waals surface area contributed by atoms with Gasteiger partial charge in [-0.1, -0.05) is 49.8 Å². The fraction of sp³-hybridized carbons (Fsp3) is 0.452. The van der Waals surface area contributed by atoms with Gasteiger partial charge in [-0.3, -0.25) is 0 Å². The Labute approximate surface area is 213 Å². The molecule has 4 aliphatic rings. The van der Waals surface area contributed by atoms with E-state index in [-0.39, 0.29) is 23.5 Å². The first-order chi connectivity index (χ1) is 17.6. The van der Waals surface area contributed by atoms with Gasteiger partial charge in [0.25, 0.3) is 0 Å². The highest BCUT2D eigenvalue weighted by molar-refractivity contribution is 5.94. The number of aliphatic imine (C=N–C) groups is 1. The average Bonchev–Trinajstić information content (AvgIpc) is 3.14. The van der Waals surface area contributed by atoms with Crippen LogP contribution in [0.3, 0.4) is 0 Å². The zero-order chi connectivity index (χ0) is 24.7. The Morgan fingerprint density at radius 3 is 2.78 bits per heavy atom. The van der Waals surface area contributed by atoms with E-state index in [0.717, 1.165) is 42.1 Å². The zero-order valence-electron chi connectivity index (χ0n) is 21.2. The number of nitrogens with zero attached hydrogens (tertiary/aromatic N) is 1. The fourth-order valence-corrected chi connectivity index (χ4v) is 6.70. The third-order valence-electron chi connectivity index (χ3n) is 8.32. The van der Waals surface area contributed by atoms with Gasteiger partial charge in [0, 0.05) is 24.0 Å². The van der Waals surface area contributed by atoms with Crippen LogP contribution in [0.4, 0.5) is 0 Å². The number of ether oxygens (including phenoxy) is 3. The maximum Gasteiger partial charge on any atom is 0.211 e. The largest absolute Gasteiger partial charge is 0.493 e. The molecular weight excluding hydrogens is 450 g/mol. The second-order valence-electron chi connectivity index (χ2n) is 10.7. The molecule has 2 aliphatic heterocycles. The molecule has 2 heterocycles. The number of para-hydroxylation sites is 1. The van der Waals surface area contributed by atoms with Gasteiger partial charge >= 0.3 is 0 Å². The molecule has 188 valence electrons. The summed E-state index contributed by atoms with van der Waals surface area (Å²) in [6.45, 7) is 2.25. The molecule has 2 aromatic carbocycles. The van der Waals surface area contributed by atoms with Crippen molar-refractivity contribution >= 4 is 5.90 Å². The highest BCUT2D eigenvalue weighted by Gasteiger charge is 2.55. The molecule has 0 bridgehead atoms. The molecule has 1 N–H and O–H groups in total. The van der Waals surface area contributed by atoms with Crippen LogP contribution in [0.5, 0.6) is 11.5 Å². The van der Waals surface area contributed by atoms with E-state index < -0.39 is 6.10 Å². The molecule has 5 nitrogen and oxygen atoms in total. The van der Waals surface area contributed by atoms with Gasteiger partial charge in [-0.25, -0.2) is 4.99 Å². The third-order valence-corrected chi connectivity index (χ3v) is 8.32. The Kier molecular flexibility index (Phi) is 6.12. The topological polar surface area (TPSA) is 60.3 Å². The molecule has 0 amide bonds. The van der Waals surface area contributed by atoms with Crippen molar-refractivity contribution in [1.29, 1.82) is 0 Å². The van der Waals surface area contributed by atoms with Gasteiger partial charge < -0.3 is 19.3 Å². The van der Waals surface area contributed by atoms with Crippen molar-refractivity contribution in [3.63, 3.8) is 0 Å². The molecule has 0 aromatic heterocycles. The van der Waals surface area contributed by atoms with E-state index in [1.165, 1.54) is 24.0 Å². The lowest BCUT2D eigenvalue weighted by atomic mass is 9.64. The lowest BCUT2D eigenvalue weighted by Crippen LogP contribution is -2.39. The van der Waals surface area contributed by atoms with Crippen LogP contribution in [0.1, 0.15) is 63.4 Å². The summed E-state index contributed by atoms with van der Waals surface area (Å²) < 4.78 is 18.5. The van der Waals surface area contributed by atoms with Crippen molar-refractivity contribution in [1.82, 2.24) is 0 Å². The van der Waals surface area contributed by atoms with Gasteiger partial charge in [-0.2, -0.15) is 0 Å². The number of rotatable bonds is 5. The Hall–Kier alpha value is -3.05. The van der Waals surface area contributed by atoms with Gasteiger partial charge in [0.2, 0.25) is 5.90 Å². The summed E-state index contributed by atoms with van der Waals surface area (Å²) in [5, 5.41) is 10.6. The number of aliphatic hydroxyl groups is 1. The SMILES string of the molecule is COC1=N[C@H]2C[C@@H](O)CC3=C2C2(C=C1CC(C)c1cccc(Oc4ccccc4)c1)CCCC[C@@H]2O3. The Bertz CT molecular complexity index is 1220. The number of hydrogen-bond acceptors (Lipinski definition) is 5. The monoisotopic (exact) mass is 485 g/mol. The van der Waals surface area contributed by atoms with Crippen LogP contribution in [0, 0.1) is 5.41 Å². The second kappa shape index (κ2) is 9.44. The summed E-state index contributed by atoms with van der Waals surface area (Å²) in [6, 6.07) is 18.2. The van der Waals surface area contributed by atoms with Crippen LogP contribution in [0.2, 0.25) is 0 Å². The van der Waals surface area contributed by atoms with E-state index in [0.29, 0.717) is 18.7 Å². The van der Waals surface area contributed by atoms with Crippen LogP contribution in [-0.4, -0.2) is 36.4 Å². The van der Waals surface area contributed by atoms with Crippen molar-refractivity contribution in [3.05, 3.63) is 83.1 Å². The van der Waals surface area contributed by atoms with Crippen LogP contribution in [0.25, 0.3) is 0 Å². The molecule has 2 unspecified atom stereocenters. The molecule has 6 rings (SSSR count). The first kappa shape index (κ1) is 23.4. The van der Waals surface area contributed by atoms with Crippen LogP contribution in [-0.2, 0) is 9.47 Å². The van der Waals surface area contributed by atoms with E-state index in [9.17, 15) is 5.11 Å². The van der Waals surface area contributed by atoms with Gasteiger partial charge in [0.15, 0.2) is 0 Å². The molecule has 1 fully saturated rings. The first-order valence-corrected chi connectivity index (χ1v) is 13.3. The van der Waals surface area contributed by atoms with E-state index in [2.05, 4.69) is 31.2 Å². The lowest BCUT2D eigenvalue weighted by Gasteiger charge is -2.39. The summed E-state index contributed by atoms with van der Waals surface area (Å²) in [5.74, 6) is 3.61. The summed E-state index contributed by atoms with van der Waals surface area (Å²) in [5.41, 5.74) is 3.55. The lowest BCUT2D eigenvalue weighted by molar-refractivity contribution is 0.0390. The van der Waals surface area contributed by atoms with Crippen molar-refractivity contribution < 1.29 is 19.3 Å².